The lowest BCUT2D eigenvalue weighted by Gasteiger charge is -2.07. The Morgan fingerprint density at radius 3 is 2.15 bits per heavy atom. The number of benzene rings is 2. The van der Waals surface area contributed by atoms with Gasteiger partial charge < -0.3 is 10.6 Å². The molecule has 5 nitrogen and oxygen atoms in total. The van der Waals surface area contributed by atoms with E-state index in [1.807, 2.05) is 36.4 Å². The van der Waals surface area contributed by atoms with Crippen LogP contribution in [-0.2, 0) is 13.0 Å². The monoisotopic (exact) mass is 346 g/mol. The van der Waals surface area contributed by atoms with Crippen LogP contribution >= 0.6 is 0 Å². The van der Waals surface area contributed by atoms with Gasteiger partial charge in [0.05, 0.1) is 0 Å². The van der Waals surface area contributed by atoms with Crippen LogP contribution in [0.2, 0.25) is 0 Å². The summed E-state index contributed by atoms with van der Waals surface area (Å²) in [5.41, 5.74) is 2.69. The molecule has 0 saturated carbocycles. The van der Waals surface area contributed by atoms with Crippen molar-refractivity contribution in [1.82, 2.24) is 15.5 Å². The van der Waals surface area contributed by atoms with E-state index in [1.165, 1.54) is 5.56 Å². The van der Waals surface area contributed by atoms with Gasteiger partial charge >= 0.3 is 0 Å². The summed E-state index contributed by atoms with van der Waals surface area (Å²) in [6, 6.07) is 23.6. The average molecular weight is 346 g/mol. The highest BCUT2D eigenvalue weighted by Gasteiger charge is 2.07. The van der Waals surface area contributed by atoms with Crippen molar-refractivity contribution in [3.8, 4) is 0 Å². The molecule has 1 aromatic heterocycles. The Labute approximate surface area is 153 Å². The van der Waals surface area contributed by atoms with Crippen LogP contribution in [0, 0.1) is 0 Å². The van der Waals surface area contributed by atoms with E-state index in [1.54, 1.807) is 12.1 Å². The molecule has 0 bridgehead atoms. The van der Waals surface area contributed by atoms with Crippen LogP contribution in [0.5, 0.6) is 0 Å². The fraction of sp³-hybridized carbons (Fsp3) is 0.190. The van der Waals surface area contributed by atoms with E-state index in [9.17, 15) is 4.79 Å². The molecule has 0 saturated heterocycles. The summed E-state index contributed by atoms with van der Waals surface area (Å²) in [4.78, 5) is 12.1. The molecule has 0 fully saturated rings. The van der Waals surface area contributed by atoms with Gasteiger partial charge in [-0.3, -0.25) is 4.79 Å². The van der Waals surface area contributed by atoms with Gasteiger partial charge in [-0.1, -0.05) is 60.7 Å². The first kappa shape index (κ1) is 17.6. The summed E-state index contributed by atoms with van der Waals surface area (Å²) in [7, 11) is 0. The highest BCUT2D eigenvalue weighted by molar-refractivity contribution is 5.92. The maximum Gasteiger partial charge on any atom is 0.272 e. The SMILES string of the molecule is O=C(NCc1ccccc1)c1ccc(NCCCc2ccccc2)nn1. The molecule has 2 N–H and O–H groups in total. The molecule has 132 valence electrons. The predicted molar refractivity (Wildman–Crippen MR) is 103 cm³/mol. The number of nitrogens with one attached hydrogen (secondary N) is 2. The maximum absolute atomic E-state index is 12.1. The van der Waals surface area contributed by atoms with E-state index in [4.69, 9.17) is 0 Å². The number of amides is 1. The predicted octanol–water partition coefficient (Wildman–Crippen LogP) is 3.45. The lowest BCUT2D eigenvalue weighted by Crippen LogP contribution is -2.24. The van der Waals surface area contributed by atoms with Gasteiger partial charge in [-0.25, -0.2) is 0 Å². The molecular weight excluding hydrogens is 324 g/mol. The molecule has 0 atom stereocenters. The van der Waals surface area contributed by atoms with Gasteiger partial charge in [0.1, 0.15) is 5.82 Å². The third-order valence-corrected chi connectivity index (χ3v) is 3.98. The highest BCUT2D eigenvalue weighted by atomic mass is 16.1. The van der Waals surface area contributed by atoms with Gasteiger partial charge in [-0.05, 0) is 36.1 Å². The van der Waals surface area contributed by atoms with Crippen LogP contribution in [0.4, 0.5) is 5.82 Å². The molecular formula is C21H22N4O. The molecule has 5 heteroatoms. The van der Waals surface area contributed by atoms with E-state index in [0.29, 0.717) is 18.1 Å². The van der Waals surface area contributed by atoms with Crippen molar-refractivity contribution < 1.29 is 4.79 Å². The molecule has 2 aromatic carbocycles. The minimum absolute atomic E-state index is 0.225. The quantitative estimate of drug-likeness (QED) is 0.613. The van der Waals surface area contributed by atoms with Crippen LogP contribution in [0.3, 0.4) is 0 Å². The number of carbonyl (C=O) groups is 1. The molecule has 1 amide bonds. The Morgan fingerprint density at radius 1 is 0.808 bits per heavy atom. The third kappa shape index (κ3) is 5.41. The minimum Gasteiger partial charge on any atom is -0.369 e. The van der Waals surface area contributed by atoms with E-state index < -0.39 is 0 Å². The second kappa shape index (κ2) is 9.32. The van der Waals surface area contributed by atoms with Crippen LogP contribution in [-0.4, -0.2) is 22.6 Å². The number of hydrogen-bond donors (Lipinski definition) is 2. The maximum atomic E-state index is 12.1. The smallest absolute Gasteiger partial charge is 0.272 e. The molecule has 0 aliphatic rings. The number of rotatable bonds is 8. The summed E-state index contributed by atoms with van der Waals surface area (Å²) < 4.78 is 0. The van der Waals surface area contributed by atoms with Crippen molar-refractivity contribution in [3.63, 3.8) is 0 Å². The molecule has 0 unspecified atom stereocenters. The van der Waals surface area contributed by atoms with Gasteiger partial charge in [0.25, 0.3) is 5.91 Å². The van der Waals surface area contributed by atoms with Crippen molar-refractivity contribution in [1.29, 1.82) is 0 Å². The summed E-state index contributed by atoms with van der Waals surface area (Å²) >= 11 is 0. The number of aryl methyl sites for hydroxylation is 1. The standard InChI is InChI=1S/C21H22N4O/c26-21(23-16-18-10-5-2-6-11-18)19-13-14-20(25-24-19)22-15-7-12-17-8-3-1-4-9-17/h1-6,8-11,13-14H,7,12,15-16H2,(H,22,25)(H,23,26). The Kier molecular flexibility index (Phi) is 6.31. The average Bonchev–Trinajstić information content (AvgIpc) is 2.71. The van der Waals surface area contributed by atoms with Crippen molar-refractivity contribution in [3.05, 3.63) is 89.6 Å². The normalized spacial score (nSPS) is 10.3. The second-order valence-electron chi connectivity index (χ2n) is 5.99. The number of nitrogens with zero attached hydrogens (tertiary/aromatic N) is 2. The Bertz CT molecular complexity index is 804. The zero-order chi connectivity index (χ0) is 18.0. The fourth-order valence-corrected chi connectivity index (χ4v) is 2.57. The van der Waals surface area contributed by atoms with Crippen LogP contribution in [0.25, 0.3) is 0 Å². The van der Waals surface area contributed by atoms with Crippen LogP contribution < -0.4 is 10.6 Å². The molecule has 26 heavy (non-hydrogen) atoms. The minimum atomic E-state index is -0.225. The Balaban J connectivity index is 1.42. The van der Waals surface area contributed by atoms with Crippen molar-refractivity contribution in [2.24, 2.45) is 0 Å². The van der Waals surface area contributed by atoms with Crippen molar-refractivity contribution in [2.45, 2.75) is 19.4 Å². The molecule has 0 radical (unpaired) electrons. The van der Waals surface area contributed by atoms with E-state index in [-0.39, 0.29) is 5.91 Å². The largest absolute Gasteiger partial charge is 0.369 e. The second-order valence-corrected chi connectivity index (χ2v) is 5.99. The first-order chi connectivity index (χ1) is 12.8. The van der Waals surface area contributed by atoms with E-state index in [0.717, 1.165) is 24.9 Å². The topological polar surface area (TPSA) is 66.9 Å². The summed E-state index contributed by atoms with van der Waals surface area (Å²) in [6.45, 7) is 1.28. The molecule has 0 aliphatic carbocycles. The number of anilines is 1. The Morgan fingerprint density at radius 2 is 1.50 bits per heavy atom. The van der Waals surface area contributed by atoms with Crippen molar-refractivity contribution in [2.75, 3.05) is 11.9 Å². The van der Waals surface area contributed by atoms with Gasteiger partial charge in [-0.15, -0.1) is 10.2 Å². The lowest BCUT2D eigenvalue weighted by atomic mass is 10.1. The van der Waals surface area contributed by atoms with E-state index in [2.05, 4.69) is 45.1 Å². The summed E-state index contributed by atoms with van der Waals surface area (Å²) in [5.74, 6) is 0.453. The third-order valence-electron chi connectivity index (χ3n) is 3.98. The first-order valence-corrected chi connectivity index (χ1v) is 8.75. The molecule has 3 aromatic rings. The number of aromatic nitrogens is 2. The number of hydrogen-bond acceptors (Lipinski definition) is 4. The summed E-state index contributed by atoms with van der Waals surface area (Å²) in [6.07, 6.45) is 2.02. The van der Waals surface area contributed by atoms with Crippen molar-refractivity contribution >= 4 is 11.7 Å². The number of carbonyl (C=O) groups excluding carboxylic acids is 1. The lowest BCUT2D eigenvalue weighted by molar-refractivity contribution is 0.0945. The molecule has 3 rings (SSSR count). The van der Waals surface area contributed by atoms with Crippen LogP contribution in [0.15, 0.2) is 72.8 Å². The Hall–Kier alpha value is -3.21. The van der Waals surface area contributed by atoms with E-state index >= 15 is 0 Å². The zero-order valence-electron chi connectivity index (χ0n) is 14.6. The first-order valence-electron chi connectivity index (χ1n) is 8.75. The van der Waals surface area contributed by atoms with Crippen LogP contribution in [0.1, 0.15) is 28.0 Å². The molecule has 0 aliphatic heterocycles. The zero-order valence-corrected chi connectivity index (χ0v) is 14.6. The molecule has 1 heterocycles. The van der Waals surface area contributed by atoms with Gasteiger partial charge in [0.2, 0.25) is 0 Å². The molecule has 0 spiro atoms. The van der Waals surface area contributed by atoms with Gasteiger partial charge in [-0.2, -0.15) is 0 Å². The summed E-state index contributed by atoms with van der Waals surface area (Å²) in [5, 5.41) is 14.2. The highest BCUT2D eigenvalue weighted by Crippen LogP contribution is 2.05. The fourth-order valence-electron chi connectivity index (χ4n) is 2.57. The van der Waals surface area contributed by atoms with Gasteiger partial charge in [0.15, 0.2) is 5.69 Å². The van der Waals surface area contributed by atoms with Gasteiger partial charge in [0, 0.05) is 13.1 Å².